The first-order chi connectivity index (χ1) is 9.78. The van der Waals surface area contributed by atoms with Crippen LogP contribution in [0.25, 0.3) is 0 Å². The standard InChI is InChI=1S/C18H20FN/c1-20-18(12-15-8-4-5-9-17(15)19)16-10-13-6-2-3-7-14(13)11-16/h2-9,16,18,20H,10-12H2,1H3. The number of rotatable bonds is 4. The van der Waals surface area contributed by atoms with Crippen LogP contribution in [0.2, 0.25) is 0 Å². The number of benzene rings is 2. The maximum absolute atomic E-state index is 13.8. The van der Waals surface area contributed by atoms with E-state index in [2.05, 4.69) is 29.6 Å². The van der Waals surface area contributed by atoms with E-state index in [0.29, 0.717) is 12.0 Å². The van der Waals surface area contributed by atoms with E-state index in [0.717, 1.165) is 24.8 Å². The molecular formula is C18H20FN. The van der Waals surface area contributed by atoms with E-state index in [1.807, 2.05) is 19.2 Å². The molecule has 1 nitrogen and oxygen atoms in total. The molecule has 2 aromatic rings. The molecule has 0 heterocycles. The Bertz CT molecular complexity index is 568. The molecule has 1 unspecified atom stereocenters. The van der Waals surface area contributed by atoms with Crippen molar-refractivity contribution < 1.29 is 4.39 Å². The van der Waals surface area contributed by atoms with Gasteiger partial charge in [0.05, 0.1) is 0 Å². The van der Waals surface area contributed by atoms with Crippen LogP contribution in [-0.2, 0) is 19.3 Å². The molecule has 1 aliphatic rings. The molecule has 2 aromatic carbocycles. The molecule has 1 atom stereocenters. The summed E-state index contributed by atoms with van der Waals surface area (Å²) in [5, 5.41) is 3.39. The second kappa shape index (κ2) is 5.76. The van der Waals surface area contributed by atoms with Gasteiger partial charge in [-0.05, 0) is 55.0 Å². The molecule has 0 fully saturated rings. The van der Waals surface area contributed by atoms with Crippen molar-refractivity contribution in [3.8, 4) is 0 Å². The quantitative estimate of drug-likeness (QED) is 0.897. The van der Waals surface area contributed by atoms with Crippen LogP contribution in [-0.4, -0.2) is 13.1 Å². The summed E-state index contributed by atoms with van der Waals surface area (Å²) in [5.41, 5.74) is 3.71. The van der Waals surface area contributed by atoms with Crippen molar-refractivity contribution >= 4 is 0 Å². The van der Waals surface area contributed by atoms with E-state index in [1.165, 1.54) is 11.1 Å². The van der Waals surface area contributed by atoms with E-state index in [9.17, 15) is 4.39 Å². The predicted octanol–water partition coefficient (Wildman–Crippen LogP) is 3.37. The molecule has 2 heteroatoms. The average molecular weight is 269 g/mol. The van der Waals surface area contributed by atoms with Crippen LogP contribution in [0.1, 0.15) is 16.7 Å². The Hall–Kier alpha value is -1.67. The zero-order valence-electron chi connectivity index (χ0n) is 11.8. The molecule has 0 bridgehead atoms. The van der Waals surface area contributed by atoms with Gasteiger partial charge in [-0.25, -0.2) is 4.39 Å². The Balaban J connectivity index is 1.74. The van der Waals surface area contributed by atoms with Gasteiger partial charge in [-0.1, -0.05) is 42.5 Å². The summed E-state index contributed by atoms with van der Waals surface area (Å²) in [6.07, 6.45) is 2.94. The SMILES string of the molecule is CNC(Cc1ccccc1F)C1Cc2ccccc2C1. The molecule has 0 radical (unpaired) electrons. The normalized spacial score (nSPS) is 16.1. The fraction of sp³-hybridized carbons (Fsp3) is 0.333. The lowest BCUT2D eigenvalue weighted by atomic mass is 9.91. The minimum absolute atomic E-state index is 0.0942. The van der Waals surface area contributed by atoms with Crippen molar-refractivity contribution in [3.05, 3.63) is 71.0 Å². The minimum Gasteiger partial charge on any atom is -0.316 e. The molecule has 0 amide bonds. The highest BCUT2D eigenvalue weighted by molar-refractivity contribution is 5.33. The number of hydrogen-bond acceptors (Lipinski definition) is 1. The Morgan fingerprint density at radius 2 is 1.65 bits per heavy atom. The zero-order chi connectivity index (χ0) is 13.9. The van der Waals surface area contributed by atoms with Crippen molar-refractivity contribution in [1.29, 1.82) is 0 Å². The van der Waals surface area contributed by atoms with Crippen LogP contribution in [0.15, 0.2) is 48.5 Å². The molecule has 0 aromatic heterocycles. The number of likely N-dealkylation sites (N-methyl/N-ethyl adjacent to an activating group) is 1. The van der Waals surface area contributed by atoms with Crippen molar-refractivity contribution in [1.82, 2.24) is 5.32 Å². The fourth-order valence-corrected chi connectivity index (χ4v) is 3.28. The fourth-order valence-electron chi connectivity index (χ4n) is 3.28. The predicted molar refractivity (Wildman–Crippen MR) is 80.3 cm³/mol. The van der Waals surface area contributed by atoms with E-state index in [4.69, 9.17) is 0 Å². The van der Waals surface area contributed by atoms with Gasteiger partial charge in [0.25, 0.3) is 0 Å². The number of hydrogen-bond donors (Lipinski definition) is 1. The first-order valence-corrected chi connectivity index (χ1v) is 7.25. The monoisotopic (exact) mass is 269 g/mol. The molecule has 3 rings (SSSR count). The summed E-state index contributed by atoms with van der Waals surface area (Å²) < 4.78 is 13.8. The Labute approximate surface area is 119 Å². The van der Waals surface area contributed by atoms with E-state index in [-0.39, 0.29) is 5.82 Å². The lowest BCUT2D eigenvalue weighted by molar-refractivity contribution is 0.379. The van der Waals surface area contributed by atoms with Crippen molar-refractivity contribution in [2.75, 3.05) is 7.05 Å². The highest BCUT2D eigenvalue weighted by Crippen LogP contribution is 2.30. The molecule has 0 spiro atoms. The topological polar surface area (TPSA) is 12.0 Å². The summed E-state index contributed by atoms with van der Waals surface area (Å²) in [6, 6.07) is 16.1. The third-order valence-corrected chi connectivity index (χ3v) is 4.42. The summed E-state index contributed by atoms with van der Waals surface area (Å²) >= 11 is 0. The molecule has 0 saturated heterocycles. The van der Waals surface area contributed by atoms with E-state index in [1.54, 1.807) is 12.1 Å². The third kappa shape index (κ3) is 2.61. The van der Waals surface area contributed by atoms with Crippen molar-refractivity contribution in [2.24, 2.45) is 5.92 Å². The van der Waals surface area contributed by atoms with Crippen molar-refractivity contribution in [3.63, 3.8) is 0 Å². The first kappa shape index (κ1) is 13.3. The summed E-state index contributed by atoms with van der Waals surface area (Å²) in [6.45, 7) is 0. The Kier molecular flexibility index (Phi) is 3.83. The molecule has 1 aliphatic carbocycles. The maximum atomic E-state index is 13.8. The highest BCUT2D eigenvalue weighted by Gasteiger charge is 2.28. The zero-order valence-corrected chi connectivity index (χ0v) is 11.8. The van der Waals surface area contributed by atoms with E-state index < -0.39 is 0 Å². The number of halogens is 1. The summed E-state index contributed by atoms with van der Waals surface area (Å²) in [4.78, 5) is 0. The van der Waals surface area contributed by atoms with Gasteiger partial charge in [-0.3, -0.25) is 0 Å². The average Bonchev–Trinajstić information content (AvgIpc) is 2.90. The van der Waals surface area contributed by atoms with Crippen LogP contribution < -0.4 is 5.32 Å². The first-order valence-electron chi connectivity index (χ1n) is 7.25. The van der Waals surface area contributed by atoms with Crippen molar-refractivity contribution in [2.45, 2.75) is 25.3 Å². The van der Waals surface area contributed by atoms with E-state index >= 15 is 0 Å². The molecule has 0 aliphatic heterocycles. The van der Waals surface area contributed by atoms with Gasteiger partial charge in [0.15, 0.2) is 0 Å². The van der Waals surface area contributed by atoms with Crippen LogP contribution in [0, 0.1) is 11.7 Å². The van der Waals surface area contributed by atoms with Crippen LogP contribution in [0.3, 0.4) is 0 Å². The van der Waals surface area contributed by atoms with Gasteiger partial charge in [0.1, 0.15) is 5.82 Å². The smallest absolute Gasteiger partial charge is 0.126 e. The summed E-state index contributed by atoms with van der Waals surface area (Å²) in [5.74, 6) is 0.459. The molecule has 104 valence electrons. The maximum Gasteiger partial charge on any atom is 0.126 e. The van der Waals surface area contributed by atoms with Crippen LogP contribution in [0.4, 0.5) is 4.39 Å². The molecule has 1 N–H and O–H groups in total. The molecule has 20 heavy (non-hydrogen) atoms. The Morgan fingerprint density at radius 1 is 1.05 bits per heavy atom. The minimum atomic E-state index is -0.0942. The second-order valence-electron chi connectivity index (χ2n) is 5.63. The largest absolute Gasteiger partial charge is 0.316 e. The van der Waals surface area contributed by atoms with Gasteiger partial charge in [-0.2, -0.15) is 0 Å². The van der Waals surface area contributed by atoms with Gasteiger partial charge >= 0.3 is 0 Å². The lowest BCUT2D eigenvalue weighted by Crippen LogP contribution is -2.36. The van der Waals surface area contributed by atoms with Crippen LogP contribution >= 0.6 is 0 Å². The van der Waals surface area contributed by atoms with Gasteiger partial charge in [0.2, 0.25) is 0 Å². The Morgan fingerprint density at radius 3 is 2.25 bits per heavy atom. The lowest BCUT2D eigenvalue weighted by Gasteiger charge is -2.23. The number of fused-ring (bicyclic) bond motifs is 1. The molecule has 0 saturated carbocycles. The number of nitrogens with one attached hydrogen (secondary N) is 1. The highest BCUT2D eigenvalue weighted by atomic mass is 19.1. The van der Waals surface area contributed by atoms with Crippen LogP contribution in [0.5, 0.6) is 0 Å². The molecular weight excluding hydrogens is 249 g/mol. The van der Waals surface area contributed by atoms with Gasteiger partial charge in [0, 0.05) is 6.04 Å². The third-order valence-electron chi connectivity index (χ3n) is 4.42. The second-order valence-corrected chi connectivity index (χ2v) is 5.63. The summed E-state index contributed by atoms with van der Waals surface area (Å²) in [7, 11) is 1.98. The van der Waals surface area contributed by atoms with Gasteiger partial charge < -0.3 is 5.32 Å². The van der Waals surface area contributed by atoms with Gasteiger partial charge in [-0.15, -0.1) is 0 Å².